The van der Waals surface area contributed by atoms with Gasteiger partial charge in [0.25, 0.3) is 0 Å². The van der Waals surface area contributed by atoms with E-state index in [1.807, 2.05) is 18.4 Å². The lowest BCUT2D eigenvalue weighted by atomic mass is 10.2. The van der Waals surface area contributed by atoms with E-state index in [1.165, 1.54) is 23.1 Å². The molecule has 0 atom stereocenters. The van der Waals surface area contributed by atoms with E-state index in [2.05, 4.69) is 5.32 Å². The standard InChI is InChI=1S/C15H14ClNO2S2/c1-10-7-11(16)4-5-12(10)17-15(19)9-20-8-13(18)14-3-2-6-21-14/h2-7H,8-9H2,1H3,(H,17,19). The van der Waals surface area contributed by atoms with Crippen LogP contribution < -0.4 is 5.32 Å². The van der Waals surface area contributed by atoms with E-state index in [1.54, 1.807) is 24.3 Å². The number of halogens is 1. The summed E-state index contributed by atoms with van der Waals surface area (Å²) in [5.74, 6) is 0.502. The Bertz CT molecular complexity index is 641. The van der Waals surface area contributed by atoms with Crippen LogP contribution in [0.4, 0.5) is 5.69 Å². The summed E-state index contributed by atoms with van der Waals surface area (Å²) in [4.78, 5) is 24.4. The van der Waals surface area contributed by atoms with Crippen LogP contribution in [0, 0.1) is 6.92 Å². The molecule has 0 radical (unpaired) electrons. The molecule has 1 aromatic heterocycles. The molecule has 3 nitrogen and oxygen atoms in total. The molecule has 0 fully saturated rings. The molecule has 1 aromatic carbocycles. The highest BCUT2D eigenvalue weighted by Gasteiger charge is 2.09. The van der Waals surface area contributed by atoms with Crippen molar-refractivity contribution in [3.8, 4) is 0 Å². The van der Waals surface area contributed by atoms with Crippen LogP contribution >= 0.6 is 34.7 Å². The first-order valence-electron chi connectivity index (χ1n) is 6.26. The van der Waals surface area contributed by atoms with Crippen molar-refractivity contribution in [2.24, 2.45) is 0 Å². The molecule has 1 heterocycles. The predicted octanol–water partition coefficient (Wildman–Crippen LogP) is 4.26. The summed E-state index contributed by atoms with van der Waals surface area (Å²) >= 11 is 8.60. The smallest absolute Gasteiger partial charge is 0.234 e. The maximum atomic E-state index is 11.8. The Morgan fingerprint density at radius 1 is 1.29 bits per heavy atom. The summed E-state index contributed by atoms with van der Waals surface area (Å²) in [6.07, 6.45) is 0. The molecule has 0 saturated carbocycles. The van der Waals surface area contributed by atoms with Crippen LogP contribution in [-0.2, 0) is 4.79 Å². The van der Waals surface area contributed by atoms with E-state index in [9.17, 15) is 9.59 Å². The monoisotopic (exact) mass is 339 g/mol. The van der Waals surface area contributed by atoms with Crippen molar-refractivity contribution in [1.29, 1.82) is 0 Å². The topological polar surface area (TPSA) is 46.2 Å². The zero-order valence-corrected chi connectivity index (χ0v) is 13.8. The van der Waals surface area contributed by atoms with Gasteiger partial charge >= 0.3 is 0 Å². The highest BCUT2D eigenvalue weighted by atomic mass is 35.5. The Morgan fingerprint density at radius 3 is 2.76 bits per heavy atom. The fourth-order valence-corrected chi connectivity index (χ4v) is 3.38. The summed E-state index contributed by atoms with van der Waals surface area (Å²) in [5, 5.41) is 5.33. The molecule has 0 saturated heterocycles. The zero-order chi connectivity index (χ0) is 15.2. The number of amides is 1. The van der Waals surface area contributed by atoms with E-state index < -0.39 is 0 Å². The number of carbonyl (C=O) groups is 2. The van der Waals surface area contributed by atoms with Crippen LogP contribution in [0.3, 0.4) is 0 Å². The molecule has 0 aliphatic rings. The molecule has 2 rings (SSSR count). The summed E-state index contributed by atoms with van der Waals surface area (Å²) < 4.78 is 0. The van der Waals surface area contributed by atoms with Crippen molar-refractivity contribution in [3.05, 3.63) is 51.2 Å². The highest BCUT2D eigenvalue weighted by molar-refractivity contribution is 8.00. The van der Waals surface area contributed by atoms with Gasteiger partial charge in [-0.15, -0.1) is 23.1 Å². The van der Waals surface area contributed by atoms with Gasteiger partial charge in [0.2, 0.25) is 5.91 Å². The number of nitrogens with one attached hydrogen (secondary N) is 1. The summed E-state index contributed by atoms with van der Waals surface area (Å²) in [5.41, 5.74) is 1.66. The fourth-order valence-electron chi connectivity index (χ4n) is 1.70. The van der Waals surface area contributed by atoms with Crippen LogP contribution in [0.5, 0.6) is 0 Å². The molecule has 6 heteroatoms. The third kappa shape index (κ3) is 4.88. The Kier molecular flexibility index (Phi) is 5.85. The lowest BCUT2D eigenvalue weighted by Gasteiger charge is -2.08. The van der Waals surface area contributed by atoms with Crippen molar-refractivity contribution in [2.75, 3.05) is 16.8 Å². The van der Waals surface area contributed by atoms with Crippen LogP contribution in [0.15, 0.2) is 35.7 Å². The lowest BCUT2D eigenvalue weighted by Crippen LogP contribution is -2.16. The molecule has 1 N–H and O–H groups in total. The lowest BCUT2D eigenvalue weighted by molar-refractivity contribution is -0.113. The molecular formula is C15H14ClNO2S2. The molecule has 2 aromatic rings. The molecular weight excluding hydrogens is 326 g/mol. The van der Waals surface area contributed by atoms with E-state index in [0.29, 0.717) is 10.8 Å². The van der Waals surface area contributed by atoms with Gasteiger partial charge in [0.1, 0.15) is 0 Å². The van der Waals surface area contributed by atoms with E-state index >= 15 is 0 Å². The zero-order valence-electron chi connectivity index (χ0n) is 11.4. The number of hydrogen-bond donors (Lipinski definition) is 1. The number of rotatable bonds is 6. The summed E-state index contributed by atoms with van der Waals surface area (Å²) in [7, 11) is 0. The number of aryl methyl sites for hydroxylation is 1. The molecule has 0 aliphatic heterocycles. The van der Waals surface area contributed by atoms with Gasteiger partial charge in [0, 0.05) is 10.7 Å². The Morgan fingerprint density at radius 2 is 2.10 bits per heavy atom. The van der Waals surface area contributed by atoms with Crippen molar-refractivity contribution in [1.82, 2.24) is 0 Å². The number of thiophene rings is 1. The first kappa shape index (κ1) is 16.1. The number of ketones is 1. The normalized spacial score (nSPS) is 10.4. The maximum Gasteiger partial charge on any atom is 0.234 e. The SMILES string of the molecule is Cc1cc(Cl)ccc1NC(=O)CSCC(=O)c1cccs1. The van der Waals surface area contributed by atoms with Gasteiger partial charge in [0.15, 0.2) is 5.78 Å². The molecule has 110 valence electrons. The number of hydrogen-bond acceptors (Lipinski definition) is 4. The molecule has 0 bridgehead atoms. The second-order valence-electron chi connectivity index (χ2n) is 4.40. The van der Waals surface area contributed by atoms with Crippen molar-refractivity contribution >= 4 is 52.1 Å². The average molecular weight is 340 g/mol. The van der Waals surface area contributed by atoms with Crippen LogP contribution in [-0.4, -0.2) is 23.2 Å². The average Bonchev–Trinajstić information content (AvgIpc) is 2.96. The van der Waals surface area contributed by atoms with Crippen LogP contribution in [0.1, 0.15) is 15.2 Å². The van der Waals surface area contributed by atoms with E-state index in [4.69, 9.17) is 11.6 Å². The van der Waals surface area contributed by atoms with Gasteiger partial charge in [0.05, 0.1) is 16.4 Å². The molecule has 0 aliphatic carbocycles. The van der Waals surface area contributed by atoms with Gasteiger partial charge in [-0.25, -0.2) is 0 Å². The summed E-state index contributed by atoms with van der Waals surface area (Å²) in [6, 6.07) is 8.95. The van der Waals surface area contributed by atoms with Crippen molar-refractivity contribution in [2.45, 2.75) is 6.92 Å². The minimum absolute atomic E-state index is 0.0606. The minimum atomic E-state index is -0.121. The molecule has 0 unspecified atom stereocenters. The fraction of sp³-hybridized carbons (Fsp3) is 0.200. The minimum Gasteiger partial charge on any atom is -0.325 e. The van der Waals surface area contributed by atoms with E-state index in [-0.39, 0.29) is 17.4 Å². The number of benzene rings is 1. The summed E-state index contributed by atoms with van der Waals surface area (Å²) in [6.45, 7) is 1.88. The Hall–Kier alpha value is -1.30. The van der Waals surface area contributed by atoms with Gasteiger partial charge in [-0.05, 0) is 42.1 Å². The van der Waals surface area contributed by atoms with Gasteiger partial charge in [-0.1, -0.05) is 17.7 Å². The van der Waals surface area contributed by atoms with Crippen molar-refractivity contribution < 1.29 is 9.59 Å². The third-order valence-electron chi connectivity index (χ3n) is 2.72. The Balaban J connectivity index is 1.78. The molecule has 21 heavy (non-hydrogen) atoms. The first-order chi connectivity index (χ1) is 10.1. The van der Waals surface area contributed by atoms with Gasteiger partial charge in [-0.2, -0.15) is 0 Å². The highest BCUT2D eigenvalue weighted by Crippen LogP contribution is 2.20. The van der Waals surface area contributed by atoms with E-state index in [0.717, 1.165) is 16.1 Å². The van der Waals surface area contributed by atoms with Gasteiger partial charge < -0.3 is 5.32 Å². The van der Waals surface area contributed by atoms with Crippen molar-refractivity contribution in [3.63, 3.8) is 0 Å². The number of carbonyl (C=O) groups excluding carboxylic acids is 2. The third-order valence-corrected chi connectivity index (χ3v) is 4.80. The largest absolute Gasteiger partial charge is 0.325 e. The van der Waals surface area contributed by atoms with Crippen LogP contribution in [0.2, 0.25) is 5.02 Å². The Labute approximate surface area is 136 Å². The predicted molar refractivity (Wildman–Crippen MR) is 90.8 cm³/mol. The van der Waals surface area contributed by atoms with Gasteiger partial charge in [-0.3, -0.25) is 9.59 Å². The molecule has 0 spiro atoms. The quantitative estimate of drug-likeness (QED) is 0.800. The van der Waals surface area contributed by atoms with Crippen LogP contribution in [0.25, 0.3) is 0 Å². The first-order valence-corrected chi connectivity index (χ1v) is 8.68. The second-order valence-corrected chi connectivity index (χ2v) is 6.77. The second kappa shape index (κ2) is 7.64. The number of thioether (sulfide) groups is 1. The maximum absolute atomic E-state index is 11.8. The number of Topliss-reactive ketones (excluding diaryl/α,β-unsaturated/α-hetero) is 1. The number of anilines is 1. The molecule has 1 amide bonds.